The van der Waals surface area contributed by atoms with Gasteiger partial charge >= 0.3 is 0 Å². The van der Waals surface area contributed by atoms with E-state index in [1.807, 2.05) is 30.3 Å². The average Bonchev–Trinajstić information content (AvgIpc) is 2.97. The van der Waals surface area contributed by atoms with Crippen LogP contribution in [0.5, 0.6) is 5.88 Å². The number of thiocarbonyl (C=S) groups is 1. The Morgan fingerprint density at radius 2 is 2.05 bits per heavy atom. The first-order valence-corrected chi connectivity index (χ1v) is 7.47. The van der Waals surface area contributed by atoms with Gasteiger partial charge in [-0.3, -0.25) is 0 Å². The predicted molar refractivity (Wildman–Crippen MR) is 85.1 cm³/mol. The van der Waals surface area contributed by atoms with E-state index in [9.17, 15) is 0 Å². The summed E-state index contributed by atoms with van der Waals surface area (Å²) in [6, 6.07) is 9.72. The molecular weight excluding hydrogens is 268 g/mol. The fourth-order valence-electron chi connectivity index (χ4n) is 2.81. The Morgan fingerprint density at radius 3 is 2.80 bits per heavy atom. The number of nitrogens with two attached hydrogens (primary N) is 1. The van der Waals surface area contributed by atoms with Crippen LogP contribution in [0.15, 0.2) is 30.3 Å². The van der Waals surface area contributed by atoms with Crippen molar-refractivity contribution >= 4 is 28.1 Å². The van der Waals surface area contributed by atoms with Crippen molar-refractivity contribution in [1.29, 1.82) is 0 Å². The van der Waals surface area contributed by atoms with Crippen LogP contribution in [-0.4, -0.2) is 16.6 Å². The summed E-state index contributed by atoms with van der Waals surface area (Å²) in [6.07, 6.45) is 5.15. The summed E-state index contributed by atoms with van der Waals surface area (Å²) >= 11 is 5.13. The predicted octanol–water partition coefficient (Wildman–Crippen LogP) is 3.44. The molecule has 0 radical (unpaired) electrons. The van der Waals surface area contributed by atoms with Crippen LogP contribution in [-0.2, 0) is 0 Å². The van der Waals surface area contributed by atoms with E-state index < -0.39 is 0 Å². The van der Waals surface area contributed by atoms with Gasteiger partial charge < -0.3 is 10.5 Å². The fourth-order valence-corrected chi connectivity index (χ4v) is 2.98. The molecule has 4 heteroatoms. The van der Waals surface area contributed by atoms with Gasteiger partial charge in [-0.2, -0.15) is 0 Å². The van der Waals surface area contributed by atoms with Crippen molar-refractivity contribution < 1.29 is 4.74 Å². The minimum absolute atomic E-state index is 0.384. The molecular formula is C16H18N2OS. The lowest BCUT2D eigenvalue weighted by Crippen LogP contribution is -2.13. The van der Waals surface area contributed by atoms with E-state index >= 15 is 0 Å². The van der Waals surface area contributed by atoms with E-state index in [2.05, 4.69) is 4.98 Å². The van der Waals surface area contributed by atoms with Crippen LogP contribution < -0.4 is 10.5 Å². The topological polar surface area (TPSA) is 48.1 Å². The van der Waals surface area contributed by atoms with Gasteiger partial charge in [0.25, 0.3) is 0 Å². The smallest absolute Gasteiger partial charge is 0.214 e. The third-order valence-corrected chi connectivity index (χ3v) is 4.12. The van der Waals surface area contributed by atoms with Gasteiger partial charge in [-0.15, -0.1) is 0 Å². The highest BCUT2D eigenvalue weighted by molar-refractivity contribution is 7.80. The van der Waals surface area contributed by atoms with Gasteiger partial charge in [0.05, 0.1) is 12.1 Å². The molecule has 1 fully saturated rings. The van der Waals surface area contributed by atoms with Crippen molar-refractivity contribution in [3.8, 4) is 5.88 Å². The number of aromatic nitrogens is 1. The minimum atomic E-state index is 0.384. The number of nitrogens with zero attached hydrogens (tertiary/aromatic N) is 1. The van der Waals surface area contributed by atoms with E-state index in [1.54, 1.807) is 0 Å². The molecule has 0 unspecified atom stereocenters. The number of benzene rings is 1. The van der Waals surface area contributed by atoms with Crippen LogP contribution in [0.2, 0.25) is 0 Å². The van der Waals surface area contributed by atoms with E-state index in [1.165, 1.54) is 25.7 Å². The lowest BCUT2D eigenvalue weighted by Gasteiger charge is -2.13. The van der Waals surface area contributed by atoms with E-state index in [4.69, 9.17) is 22.7 Å². The van der Waals surface area contributed by atoms with Crippen molar-refractivity contribution in [2.75, 3.05) is 6.61 Å². The minimum Gasteiger partial charge on any atom is -0.477 e. The summed E-state index contributed by atoms with van der Waals surface area (Å²) in [7, 11) is 0. The van der Waals surface area contributed by atoms with E-state index in [0.717, 1.165) is 23.1 Å². The zero-order valence-electron chi connectivity index (χ0n) is 11.3. The van der Waals surface area contributed by atoms with Gasteiger partial charge in [-0.25, -0.2) is 4.98 Å². The van der Waals surface area contributed by atoms with E-state index in [0.29, 0.717) is 16.8 Å². The second-order valence-electron chi connectivity index (χ2n) is 5.35. The molecule has 1 aliphatic rings. The number of hydrogen-bond acceptors (Lipinski definition) is 3. The fraction of sp³-hybridized carbons (Fsp3) is 0.375. The Labute approximate surface area is 124 Å². The van der Waals surface area contributed by atoms with Gasteiger partial charge in [-0.1, -0.05) is 43.3 Å². The monoisotopic (exact) mass is 286 g/mol. The first kappa shape index (κ1) is 13.3. The number of fused-ring (bicyclic) bond motifs is 1. The molecule has 20 heavy (non-hydrogen) atoms. The van der Waals surface area contributed by atoms with Gasteiger partial charge in [0, 0.05) is 17.0 Å². The summed E-state index contributed by atoms with van der Waals surface area (Å²) in [4.78, 5) is 4.93. The van der Waals surface area contributed by atoms with Crippen molar-refractivity contribution in [2.45, 2.75) is 25.7 Å². The molecule has 1 aliphatic carbocycles. The Bertz CT molecular complexity index is 635. The number of hydrogen-bond donors (Lipinski definition) is 1. The molecule has 0 atom stereocenters. The summed E-state index contributed by atoms with van der Waals surface area (Å²) in [5, 5.41) is 0.980. The maximum atomic E-state index is 5.86. The molecule has 1 saturated carbocycles. The highest BCUT2D eigenvalue weighted by Crippen LogP contribution is 2.27. The van der Waals surface area contributed by atoms with Crippen LogP contribution in [0.1, 0.15) is 31.2 Å². The molecule has 0 aliphatic heterocycles. The Morgan fingerprint density at radius 1 is 1.30 bits per heavy atom. The number of ether oxygens (including phenoxy) is 1. The summed E-state index contributed by atoms with van der Waals surface area (Å²) < 4.78 is 5.86. The lowest BCUT2D eigenvalue weighted by atomic mass is 10.1. The Balaban J connectivity index is 1.88. The Kier molecular flexibility index (Phi) is 3.83. The molecule has 2 N–H and O–H groups in total. The molecule has 3 nitrogen and oxygen atoms in total. The highest BCUT2D eigenvalue weighted by atomic mass is 32.1. The van der Waals surface area contributed by atoms with Gasteiger partial charge in [0.2, 0.25) is 5.88 Å². The molecule has 0 amide bonds. The quantitative estimate of drug-likeness (QED) is 0.875. The summed E-state index contributed by atoms with van der Waals surface area (Å²) in [6.45, 7) is 0.738. The maximum Gasteiger partial charge on any atom is 0.214 e. The highest BCUT2D eigenvalue weighted by Gasteiger charge is 2.16. The van der Waals surface area contributed by atoms with Crippen molar-refractivity contribution in [1.82, 2.24) is 4.98 Å². The second-order valence-corrected chi connectivity index (χ2v) is 5.79. The summed E-state index contributed by atoms with van der Waals surface area (Å²) in [5.74, 6) is 1.29. The van der Waals surface area contributed by atoms with Crippen LogP contribution in [0.25, 0.3) is 10.9 Å². The van der Waals surface area contributed by atoms with Crippen molar-refractivity contribution in [2.24, 2.45) is 11.7 Å². The molecule has 1 aromatic heterocycles. The zero-order valence-corrected chi connectivity index (χ0v) is 12.2. The van der Waals surface area contributed by atoms with Crippen molar-refractivity contribution in [3.05, 3.63) is 35.9 Å². The standard InChI is InChI=1S/C16H18N2OS/c17-16(20)13-9-15(19-10-11-5-1-2-6-11)18-14-8-4-3-7-12(13)14/h3-4,7-9,11H,1-2,5-6,10H2,(H2,17,20). The van der Waals surface area contributed by atoms with Gasteiger partial charge in [-0.05, 0) is 24.8 Å². The van der Waals surface area contributed by atoms with Crippen LogP contribution in [0.3, 0.4) is 0 Å². The molecule has 0 bridgehead atoms. The van der Waals surface area contributed by atoms with Crippen LogP contribution in [0.4, 0.5) is 0 Å². The van der Waals surface area contributed by atoms with Gasteiger partial charge in [0.15, 0.2) is 0 Å². The number of pyridine rings is 1. The molecule has 3 rings (SSSR count). The number of para-hydroxylation sites is 1. The second kappa shape index (κ2) is 5.75. The molecule has 1 heterocycles. The SMILES string of the molecule is NC(=S)c1cc(OCC2CCCC2)nc2ccccc12. The van der Waals surface area contributed by atoms with Crippen LogP contribution in [0, 0.1) is 5.92 Å². The lowest BCUT2D eigenvalue weighted by molar-refractivity contribution is 0.244. The van der Waals surface area contributed by atoms with Crippen LogP contribution >= 0.6 is 12.2 Å². The Hall–Kier alpha value is -1.68. The normalized spacial score (nSPS) is 15.6. The first-order chi connectivity index (χ1) is 9.74. The largest absolute Gasteiger partial charge is 0.477 e. The zero-order chi connectivity index (χ0) is 13.9. The summed E-state index contributed by atoms with van der Waals surface area (Å²) in [5.41, 5.74) is 7.53. The molecule has 2 aromatic rings. The molecule has 0 saturated heterocycles. The first-order valence-electron chi connectivity index (χ1n) is 7.06. The molecule has 104 valence electrons. The molecule has 0 spiro atoms. The number of rotatable bonds is 4. The third kappa shape index (κ3) is 2.75. The van der Waals surface area contributed by atoms with Crippen molar-refractivity contribution in [3.63, 3.8) is 0 Å². The maximum absolute atomic E-state index is 5.86. The molecule has 1 aromatic carbocycles. The van der Waals surface area contributed by atoms with E-state index in [-0.39, 0.29) is 0 Å². The van der Waals surface area contributed by atoms with Gasteiger partial charge in [0.1, 0.15) is 4.99 Å². The average molecular weight is 286 g/mol. The third-order valence-electron chi connectivity index (χ3n) is 3.90.